The molecule has 0 saturated carbocycles. The third-order valence-electron chi connectivity index (χ3n) is 3.94. The highest BCUT2D eigenvalue weighted by molar-refractivity contribution is 9.10. The molecule has 2 rings (SSSR count). The minimum absolute atomic E-state index is 0.194. The predicted molar refractivity (Wildman–Crippen MR) is 95.8 cm³/mol. The van der Waals surface area contributed by atoms with Crippen LogP contribution in [0.15, 0.2) is 22.9 Å². The number of amides is 1. The van der Waals surface area contributed by atoms with Crippen LogP contribution in [0.5, 0.6) is 0 Å². The SMILES string of the molecule is CCN(CC[C@@H]1CCN1C(=O)OC(C)(C)C)c1cncc(Br)c1. The maximum Gasteiger partial charge on any atom is 0.410 e. The largest absolute Gasteiger partial charge is 0.444 e. The molecule has 0 aliphatic carbocycles. The van der Waals surface area contributed by atoms with Gasteiger partial charge in [0.2, 0.25) is 0 Å². The molecule has 0 radical (unpaired) electrons. The summed E-state index contributed by atoms with van der Waals surface area (Å²) in [5, 5.41) is 0. The van der Waals surface area contributed by atoms with E-state index in [0.29, 0.717) is 0 Å². The van der Waals surface area contributed by atoms with Gasteiger partial charge in [-0.2, -0.15) is 0 Å². The molecule has 0 aromatic carbocycles. The number of likely N-dealkylation sites (tertiary alicyclic amines) is 1. The fourth-order valence-electron chi connectivity index (χ4n) is 2.65. The van der Waals surface area contributed by atoms with Gasteiger partial charge in [0.25, 0.3) is 0 Å². The zero-order valence-corrected chi connectivity index (χ0v) is 16.0. The smallest absolute Gasteiger partial charge is 0.410 e. The molecule has 1 aliphatic rings. The van der Waals surface area contributed by atoms with Crippen LogP contribution in [-0.4, -0.2) is 47.3 Å². The molecule has 1 atom stereocenters. The van der Waals surface area contributed by atoms with Crippen LogP contribution in [0.3, 0.4) is 0 Å². The highest BCUT2D eigenvalue weighted by atomic mass is 79.9. The average molecular weight is 384 g/mol. The van der Waals surface area contributed by atoms with Gasteiger partial charge in [-0.15, -0.1) is 0 Å². The monoisotopic (exact) mass is 383 g/mol. The van der Waals surface area contributed by atoms with Crippen molar-refractivity contribution >= 4 is 27.7 Å². The molecule has 0 spiro atoms. The van der Waals surface area contributed by atoms with Gasteiger partial charge in [-0.25, -0.2) is 4.79 Å². The molecule has 1 amide bonds. The van der Waals surface area contributed by atoms with Crippen LogP contribution in [0, 0.1) is 0 Å². The molecule has 1 saturated heterocycles. The molecule has 0 unspecified atom stereocenters. The Hall–Kier alpha value is -1.30. The van der Waals surface area contributed by atoms with Crippen molar-refractivity contribution in [3.8, 4) is 0 Å². The molecule has 0 bridgehead atoms. The minimum Gasteiger partial charge on any atom is -0.444 e. The van der Waals surface area contributed by atoms with E-state index in [2.05, 4.69) is 38.8 Å². The lowest BCUT2D eigenvalue weighted by atomic mass is 10.00. The van der Waals surface area contributed by atoms with Gasteiger partial charge < -0.3 is 14.5 Å². The van der Waals surface area contributed by atoms with Crippen LogP contribution in [0.4, 0.5) is 10.5 Å². The second-order valence-corrected chi connectivity index (χ2v) is 7.76. The summed E-state index contributed by atoms with van der Waals surface area (Å²) in [6, 6.07) is 2.35. The number of hydrogen-bond donors (Lipinski definition) is 0. The van der Waals surface area contributed by atoms with Gasteiger partial charge in [0.05, 0.1) is 11.9 Å². The number of carbonyl (C=O) groups excluding carboxylic acids is 1. The lowest BCUT2D eigenvalue weighted by Crippen LogP contribution is -2.53. The first-order valence-corrected chi connectivity index (χ1v) is 8.94. The fourth-order valence-corrected chi connectivity index (χ4v) is 3.00. The van der Waals surface area contributed by atoms with Crippen LogP contribution in [0.25, 0.3) is 0 Å². The van der Waals surface area contributed by atoms with Crippen molar-refractivity contribution in [2.45, 2.75) is 52.2 Å². The van der Waals surface area contributed by atoms with E-state index in [1.54, 1.807) is 6.20 Å². The van der Waals surface area contributed by atoms with Gasteiger partial charge in [0.1, 0.15) is 5.60 Å². The summed E-state index contributed by atoms with van der Waals surface area (Å²) in [7, 11) is 0. The highest BCUT2D eigenvalue weighted by Crippen LogP contribution is 2.25. The number of hydrogen-bond acceptors (Lipinski definition) is 4. The first-order valence-electron chi connectivity index (χ1n) is 8.15. The number of anilines is 1. The van der Waals surface area contributed by atoms with E-state index in [9.17, 15) is 4.79 Å². The summed E-state index contributed by atoms with van der Waals surface area (Å²) < 4.78 is 6.44. The summed E-state index contributed by atoms with van der Waals surface area (Å²) in [5.41, 5.74) is 0.666. The molecule has 1 aromatic heterocycles. The quantitative estimate of drug-likeness (QED) is 0.768. The average Bonchev–Trinajstić information content (AvgIpc) is 2.40. The Morgan fingerprint density at radius 1 is 1.48 bits per heavy atom. The van der Waals surface area contributed by atoms with Crippen molar-refractivity contribution in [2.75, 3.05) is 24.5 Å². The van der Waals surface area contributed by atoms with Gasteiger partial charge in [0, 0.05) is 36.3 Å². The Morgan fingerprint density at radius 3 is 2.74 bits per heavy atom. The van der Waals surface area contributed by atoms with E-state index in [1.165, 1.54) is 0 Å². The third-order valence-corrected chi connectivity index (χ3v) is 4.38. The molecule has 0 N–H and O–H groups in total. The van der Waals surface area contributed by atoms with Gasteiger partial charge in [-0.1, -0.05) is 0 Å². The number of pyridine rings is 1. The van der Waals surface area contributed by atoms with Gasteiger partial charge in [-0.05, 0) is 62.5 Å². The Bertz CT molecular complexity index is 545. The summed E-state index contributed by atoms with van der Waals surface area (Å²) in [5.74, 6) is 0. The second-order valence-electron chi connectivity index (χ2n) is 6.85. The summed E-state index contributed by atoms with van der Waals surface area (Å²) in [4.78, 5) is 20.5. The second kappa shape index (κ2) is 7.51. The third kappa shape index (κ3) is 5.09. The number of halogens is 1. The van der Waals surface area contributed by atoms with Crippen LogP contribution >= 0.6 is 15.9 Å². The standard InChI is InChI=1S/C17H26BrN3O2/c1-5-20(15-10-13(18)11-19-12-15)8-6-14-7-9-21(14)16(22)23-17(2,3)4/h10-12,14H,5-9H2,1-4H3/t14-/m1/s1. The van der Waals surface area contributed by atoms with Crippen LogP contribution < -0.4 is 4.90 Å². The molecule has 1 aliphatic heterocycles. The topological polar surface area (TPSA) is 45.7 Å². The van der Waals surface area contributed by atoms with Crippen molar-refractivity contribution in [3.05, 3.63) is 22.9 Å². The zero-order valence-electron chi connectivity index (χ0n) is 14.4. The molecule has 1 aromatic rings. The van der Waals surface area contributed by atoms with Crippen LogP contribution in [0.1, 0.15) is 40.5 Å². The van der Waals surface area contributed by atoms with E-state index in [0.717, 1.165) is 42.6 Å². The van der Waals surface area contributed by atoms with E-state index < -0.39 is 5.60 Å². The van der Waals surface area contributed by atoms with Crippen molar-refractivity contribution < 1.29 is 9.53 Å². The number of ether oxygens (including phenoxy) is 1. The van der Waals surface area contributed by atoms with Crippen molar-refractivity contribution in [3.63, 3.8) is 0 Å². The van der Waals surface area contributed by atoms with Gasteiger partial charge in [0.15, 0.2) is 0 Å². The molecule has 5 nitrogen and oxygen atoms in total. The summed E-state index contributed by atoms with van der Waals surface area (Å²) in [6.07, 6.45) is 5.46. The van der Waals surface area contributed by atoms with Crippen LogP contribution in [0.2, 0.25) is 0 Å². The predicted octanol–water partition coefficient (Wildman–Crippen LogP) is 4.07. The number of carbonyl (C=O) groups is 1. The maximum atomic E-state index is 12.2. The van der Waals surface area contributed by atoms with E-state index in [4.69, 9.17) is 4.74 Å². The van der Waals surface area contributed by atoms with Crippen molar-refractivity contribution in [1.82, 2.24) is 9.88 Å². The first kappa shape index (κ1) is 18.0. The number of rotatable bonds is 5. The Kier molecular flexibility index (Phi) is 5.89. The Morgan fingerprint density at radius 2 is 2.22 bits per heavy atom. The maximum absolute atomic E-state index is 12.2. The molecular formula is C17H26BrN3O2. The molecule has 128 valence electrons. The lowest BCUT2D eigenvalue weighted by molar-refractivity contribution is -0.00622. The molecule has 6 heteroatoms. The molecule has 23 heavy (non-hydrogen) atoms. The first-order chi connectivity index (χ1) is 10.8. The molecular weight excluding hydrogens is 358 g/mol. The molecule has 1 fully saturated rings. The van der Waals surface area contributed by atoms with E-state index >= 15 is 0 Å². The fraction of sp³-hybridized carbons (Fsp3) is 0.647. The normalized spacial score (nSPS) is 17.6. The Balaban J connectivity index is 1.88. The van der Waals surface area contributed by atoms with Gasteiger partial charge >= 0.3 is 6.09 Å². The number of nitrogens with zero attached hydrogens (tertiary/aromatic N) is 3. The highest BCUT2D eigenvalue weighted by Gasteiger charge is 2.35. The summed E-state index contributed by atoms with van der Waals surface area (Å²) in [6.45, 7) is 10.4. The number of aromatic nitrogens is 1. The van der Waals surface area contributed by atoms with Gasteiger partial charge in [-0.3, -0.25) is 4.98 Å². The Labute approximate surface area is 147 Å². The van der Waals surface area contributed by atoms with E-state index in [-0.39, 0.29) is 12.1 Å². The van der Waals surface area contributed by atoms with Crippen LogP contribution in [-0.2, 0) is 4.74 Å². The van der Waals surface area contributed by atoms with E-state index in [1.807, 2.05) is 31.9 Å². The minimum atomic E-state index is -0.436. The lowest BCUT2D eigenvalue weighted by Gasteiger charge is -2.42. The zero-order chi connectivity index (χ0) is 17.0. The van der Waals surface area contributed by atoms with Crippen molar-refractivity contribution in [2.24, 2.45) is 0 Å². The van der Waals surface area contributed by atoms with Crippen molar-refractivity contribution in [1.29, 1.82) is 0 Å². The summed E-state index contributed by atoms with van der Waals surface area (Å²) >= 11 is 3.46. The molecule has 2 heterocycles.